The minimum absolute atomic E-state index is 0.208. The van der Waals surface area contributed by atoms with E-state index in [0.29, 0.717) is 0 Å². The molecular formula is C10H18O2S. The highest BCUT2D eigenvalue weighted by atomic mass is 32.2. The van der Waals surface area contributed by atoms with E-state index < -0.39 is 5.97 Å². The average molecular weight is 202 g/mol. The highest BCUT2D eigenvalue weighted by molar-refractivity contribution is 8.00. The molecule has 1 saturated carbocycles. The normalized spacial score (nSPS) is 19.9. The Bertz CT molecular complexity index is 176. The van der Waals surface area contributed by atoms with Crippen LogP contribution in [0.2, 0.25) is 0 Å². The molecule has 1 aliphatic carbocycles. The number of carboxylic acid groups (broad SMARTS) is 1. The van der Waals surface area contributed by atoms with Crippen LogP contribution in [0.4, 0.5) is 0 Å². The standard InChI is InChI=1S/C10H18O2S/c1-7(2)9(10(11)12)13-6-8-4-3-5-8/h7-9H,3-6H2,1-2H3,(H,11,12). The molecular weight excluding hydrogens is 184 g/mol. The molecule has 0 aromatic carbocycles. The van der Waals surface area contributed by atoms with Crippen molar-refractivity contribution in [3.8, 4) is 0 Å². The second kappa shape index (κ2) is 4.89. The lowest BCUT2D eigenvalue weighted by Gasteiger charge is -2.26. The van der Waals surface area contributed by atoms with Gasteiger partial charge in [0.05, 0.1) is 0 Å². The van der Waals surface area contributed by atoms with Crippen molar-refractivity contribution in [2.75, 3.05) is 5.75 Å². The summed E-state index contributed by atoms with van der Waals surface area (Å²) in [4.78, 5) is 10.8. The molecule has 0 aromatic heterocycles. The third-order valence-electron chi connectivity index (χ3n) is 2.59. The highest BCUT2D eigenvalue weighted by Gasteiger charge is 2.25. The van der Waals surface area contributed by atoms with E-state index in [2.05, 4.69) is 0 Å². The van der Waals surface area contributed by atoms with E-state index in [4.69, 9.17) is 5.11 Å². The number of hydrogen-bond donors (Lipinski definition) is 1. The third-order valence-corrected chi connectivity index (χ3v) is 4.35. The Balaban J connectivity index is 2.25. The van der Waals surface area contributed by atoms with E-state index >= 15 is 0 Å². The van der Waals surface area contributed by atoms with Crippen LogP contribution < -0.4 is 0 Å². The number of hydrogen-bond acceptors (Lipinski definition) is 2. The lowest BCUT2D eigenvalue weighted by molar-refractivity contribution is -0.137. The third kappa shape index (κ3) is 3.22. The van der Waals surface area contributed by atoms with E-state index in [1.165, 1.54) is 19.3 Å². The topological polar surface area (TPSA) is 37.3 Å². The summed E-state index contributed by atoms with van der Waals surface area (Å²) in [5, 5.41) is 8.72. The summed E-state index contributed by atoms with van der Waals surface area (Å²) in [6.07, 6.45) is 3.94. The first-order valence-corrected chi connectivity index (χ1v) is 6.00. The lowest BCUT2D eigenvalue weighted by Crippen LogP contribution is -2.25. The van der Waals surface area contributed by atoms with Crippen molar-refractivity contribution in [1.82, 2.24) is 0 Å². The van der Waals surface area contributed by atoms with Crippen molar-refractivity contribution in [3.63, 3.8) is 0 Å². The largest absolute Gasteiger partial charge is 0.480 e. The van der Waals surface area contributed by atoms with Gasteiger partial charge in [-0.1, -0.05) is 20.3 Å². The number of rotatable bonds is 5. The summed E-state index contributed by atoms with van der Waals surface area (Å²) in [6.45, 7) is 3.96. The van der Waals surface area contributed by atoms with Crippen LogP contribution in [-0.2, 0) is 4.79 Å². The zero-order valence-corrected chi connectivity index (χ0v) is 9.14. The molecule has 1 N–H and O–H groups in total. The molecule has 0 amide bonds. The van der Waals surface area contributed by atoms with Crippen LogP contribution >= 0.6 is 11.8 Å². The summed E-state index contributed by atoms with van der Waals surface area (Å²) in [6, 6.07) is 0. The molecule has 0 aliphatic heterocycles. The number of carbonyl (C=O) groups is 1. The van der Waals surface area contributed by atoms with Crippen molar-refractivity contribution < 1.29 is 9.90 Å². The number of thioether (sulfide) groups is 1. The Kier molecular flexibility index (Phi) is 4.10. The van der Waals surface area contributed by atoms with Crippen molar-refractivity contribution in [2.24, 2.45) is 11.8 Å². The minimum atomic E-state index is -0.653. The van der Waals surface area contributed by atoms with Gasteiger partial charge >= 0.3 is 5.97 Å². The monoisotopic (exact) mass is 202 g/mol. The SMILES string of the molecule is CC(C)C(SCC1CCC1)C(=O)O. The summed E-state index contributed by atoms with van der Waals surface area (Å²) < 4.78 is 0. The van der Waals surface area contributed by atoms with Crippen molar-refractivity contribution in [3.05, 3.63) is 0 Å². The maximum atomic E-state index is 10.8. The Morgan fingerprint density at radius 3 is 2.46 bits per heavy atom. The van der Waals surface area contributed by atoms with Crippen LogP contribution in [0.3, 0.4) is 0 Å². The number of carboxylic acids is 1. The molecule has 0 saturated heterocycles. The van der Waals surface area contributed by atoms with E-state index in [0.717, 1.165) is 11.7 Å². The predicted octanol–water partition coefficient (Wildman–Crippen LogP) is 2.63. The van der Waals surface area contributed by atoms with Gasteiger partial charge in [-0.3, -0.25) is 4.79 Å². The maximum absolute atomic E-state index is 10.8. The predicted molar refractivity (Wildman–Crippen MR) is 56.1 cm³/mol. The quantitative estimate of drug-likeness (QED) is 0.744. The minimum Gasteiger partial charge on any atom is -0.480 e. The van der Waals surface area contributed by atoms with E-state index in [-0.39, 0.29) is 11.2 Å². The fraction of sp³-hybridized carbons (Fsp3) is 0.900. The van der Waals surface area contributed by atoms with Gasteiger partial charge in [0.2, 0.25) is 0 Å². The average Bonchev–Trinajstić information content (AvgIpc) is 1.92. The number of aliphatic carboxylic acids is 1. The molecule has 1 aliphatic rings. The molecule has 0 aromatic rings. The first kappa shape index (κ1) is 10.9. The van der Waals surface area contributed by atoms with Crippen molar-refractivity contribution in [2.45, 2.75) is 38.4 Å². The van der Waals surface area contributed by atoms with Gasteiger partial charge in [0.15, 0.2) is 0 Å². The van der Waals surface area contributed by atoms with Crippen LogP contribution in [0.15, 0.2) is 0 Å². The fourth-order valence-corrected chi connectivity index (χ4v) is 2.79. The van der Waals surface area contributed by atoms with Crippen LogP contribution in [0.1, 0.15) is 33.1 Å². The molecule has 1 rings (SSSR count). The highest BCUT2D eigenvalue weighted by Crippen LogP contribution is 2.32. The van der Waals surface area contributed by atoms with E-state index in [1.807, 2.05) is 13.8 Å². The van der Waals surface area contributed by atoms with Crippen LogP contribution in [0.5, 0.6) is 0 Å². The smallest absolute Gasteiger partial charge is 0.316 e. The molecule has 0 heterocycles. The molecule has 3 heteroatoms. The van der Waals surface area contributed by atoms with E-state index in [1.54, 1.807) is 11.8 Å². The Labute approximate surface area is 84.1 Å². The first-order chi connectivity index (χ1) is 6.11. The van der Waals surface area contributed by atoms with Gasteiger partial charge in [-0.05, 0) is 30.4 Å². The van der Waals surface area contributed by atoms with Gasteiger partial charge in [-0.2, -0.15) is 0 Å². The van der Waals surface area contributed by atoms with Crippen molar-refractivity contribution in [1.29, 1.82) is 0 Å². The Hall–Kier alpha value is -0.180. The summed E-state index contributed by atoms with van der Waals surface area (Å²) in [5.41, 5.74) is 0. The molecule has 76 valence electrons. The molecule has 1 atom stereocenters. The molecule has 13 heavy (non-hydrogen) atoms. The summed E-state index contributed by atoms with van der Waals surface area (Å²) >= 11 is 1.62. The first-order valence-electron chi connectivity index (χ1n) is 4.95. The second-order valence-corrected chi connectivity index (χ2v) is 5.31. The van der Waals surface area contributed by atoms with Gasteiger partial charge in [-0.25, -0.2) is 0 Å². The lowest BCUT2D eigenvalue weighted by atomic mass is 9.87. The van der Waals surface area contributed by atoms with Gasteiger partial charge in [0.25, 0.3) is 0 Å². The van der Waals surface area contributed by atoms with Crippen LogP contribution in [0.25, 0.3) is 0 Å². The molecule has 0 bridgehead atoms. The van der Waals surface area contributed by atoms with Crippen molar-refractivity contribution >= 4 is 17.7 Å². The zero-order chi connectivity index (χ0) is 9.84. The molecule has 2 nitrogen and oxygen atoms in total. The van der Waals surface area contributed by atoms with Gasteiger partial charge in [0, 0.05) is 0 Å². The van der Waals surface area contributed by atoms with Gasteiger partial charge in [-0.15, -0.1) is 11.8 Å². The fourth-order valence-electron chi connectivity index (χ4n) is 1.45. The molecule has 0 radical (unpaired) electrons. The second-order valence-electron chi connectivity index (χ2n) is 4.13. The molecule has 1 fully saturated rings. The Morgan fingerprint density at radius 1 is 1.54 bits per heavy atom. The Morgan fingerprint density at radius 2 is 2.15 bits per heavy atom. The van der Waals surface area contributed by atoms with Gasteiger partial charge in [0.1, 0.15) is 5.25 Å². The summed E-state index contributed by atoms with van der Waals surface area (Å²) in [7, 11) is 0. The maximum Gasteiger partial charge on any atom is 0.316 e. The molecule has 0 spiro atoms. The zero-order valence-electron chi connectivity index (χ0n) is 8.32. The van der Waals surface area contributed by atoms with Crippen LogP contribution in [0, 0.1) is 11.8 Å². The van der Waals surface area contributed by atoms with E-state index in [9.17, 15) is 4.79 Å². The molecule has 1 unspecified atom stereocenters. The van der Waals surface area contributed by atoms with Crippen LogP contribution in [-0.4, -0.2) is 22.1 Å². The van der Waals surface area contributed by atoms with Gasteiger partial charge < -0.3 is 5.11 Å². The summed E-state index contributed by atoms with van der Waals surface area (Å²) in [5.74, 6) is 1.42.